The fourth-order valence-electron chi connectivity index (χ4n) is 4.66. The van der Waals surface area contributed by atoms with Crippen LogP contribution in [0.4, 0.5) is 23.7 Å². The number of halogens is 3. The van der Waals surface area contributed by atoms with Crippen molar-refractivity contribution in [1.29, 1.82) is 0 Å². The molecule has 0 radical (unpaired) electrons. The second-order valence-electron chi connectivity index (χ2n) is 9.78. The minimum Gasteiger partial charge on any atom is -0.361 e. The van der Waals surface area contributed by atoms with Gasteiger partial charge < -0.3 is 20.1 Å². The van der Waals surface area contributed by atoms with E-state index in [9.17, 15) is 22.8 Å². The van der Waals surface area contributed by atoms with Crippen LogP contribution in [0, 0.1) is 0 Å². The molecule has 39 heavy (non-hydrogen) atoms. The van der Waals surface area contributed by atoms with Gasteiger partial charge in [-0.3, -0.25) is 4.79 Å². The van der Waals surface area contributed by atoms with Gasteiger partial charge >= 0.3 is 12.2 Å². The second kappa shape index (κ2) is 11.2. The van der Waals surface area contributed by atoms with Crippen LogP contribution in [0.1, 0.15) is 29.5 Å². The topological polar surface area (TPSA) is 68.4 Å². The largest absolute Gasteiger partial charge is 0.416 e. The van der Waals surface area contributed by atoms with Crippen LogP contribution >= 0.6 is 0 Å². The third-order valence-corrected chi connectivity index (χ3v) is 6.89. The first-order valence-electron chi connectivity index (χ1n) is 12.9. The van der Waals surface area contributed by atoms with Gasteiger partial charge in [0.1, 0.15) is 6.54 Å². The second-order valence-corrected chi connectivity index (χ2v) is 9.78. The summed E-state index contributed by atoms with van der Waals surface area (Å²) in [7, 11) is 0. The first-order valence-corrected chi connectivity index (χ1v) is 12.9. The average molecular weight is 535 g/mol. The number of carbonyl (C=O) groups excluding carboxylic acids is 2. The summed E-state index contributed by atoms with van der Waals surface area (Å²) in [6, 6.07) is 21.4. The van der Waals surface area contributed by atoms with Crippen molar-refractivity contribution in [3.8, 4) is 0 Å². The molecule has 0 atom stereocenters. The van der Waals surface area contributed by atoms with Crippen LogP contribution in [0.2, 0.25) is 0 Å². The Bertz CT molecular complexity index is 1450. The fraction of sp³-hybridized carbons (Fsp3) is 0.267. The Labute approximate surface area is 224 Å². The zero-order valence-corrected chi connectivity index (χ0v) is 21.2. The molecule has 0 saturated heterocycles. The molecule has 0 bridgehead atoms. The highest BCUT2D eigenvalue weighted by Gasteiger charge is 2.35. The van der Waals surface area contributed by atoms with Gasteiger partial charge in [-0.1, -0.05) is 54.6 Å². The molecule has 1 heterocycles. The first kappa shape index (κ1) is 26.3. The van der Waals surface area contributed by atoms with Gasteiger partial charge in [0, 0.05) is 41.9 Å². The van der Waals surface area contributed by atoms with Gasteiger partial charge in [0.25, 0.3) is 0 Å². The average Bonchev–Trinajstić information content (AvgIpc) is 3.69. The lowest BCUT2D eigenvalue weighted by Crippen LogP contribution is -2.45. The zero-order chi connectivity index (χ0) is 27.4. The van der Waals surface area contributed by atoms with Crippen molar-refractivity contribution in [2.75, 3.05) is 18.4 Å². The molecule has 2 N–H and O–H groups in total. The Morgan fingerprint density at radius 2 is 1.69 bits per heavy atom. The number of hydrogen-bond acceptors (Lipinski definition) is 2. The predicted molar refractivity (Wildman–Crippen MR) is 144 cm³/mol. The quantitative estimate of drug-likeness (QED) is 0.259. The van der Waals surface area contributed by atoms with Crippen LogP contribution in [0.25, 0.3) is 10.9 Å². The third-order valence-electron chi connectivity index (χ3n) is 6.89. The summed E-state index contributed by atoms with van der Waals surface area (Å²) < 4.78 is 39.4. The molecule has 202 valence electrons. The number of H-pyrrole nitrogens is 1. The van der Waals surface area contributed by atoms with Crippen LogP contribution in [-0.2, 0) is 23.9 Å². The summed E-state index contributed by atoms with van der Waals surface area (Å²) >= 11 is 0. The molecular formula is C30H29F3N4O2. The number of amides is 3. The molecule has 3 aromatic carbocycles. The highest BCUT2D eigenvalue weighted by molar-refractivity contribution is 5.93. The third kappa shape index (κ3) is 6.60. The standard InChI is InChI=1S/C30H29F3N4O2/c31-30(32,33)23-9-6-10-24(17-23)35-29(39)37(25-13-14-25)20-28(38)36(19-21-7-2-1-3-8-21)16-15-22-18-34-27-12-5-4-11-26(22)27/h1-12,17-18,25,34H,13-16,19-20H2,(H,35,39). The number of benzene rings is 3. The van der Waals surface area contributed by atoms with Crippen molar-refractivity contribution in [1.82, 2.24) is 14.8 Å². The number of rotatable bonds is 9. The van der Waals surface area contributed by atoms with Gasteiger partial charge in [-0.15, -0.1) is 0 Å². The number of fused-ring (bicyclic) bond motifs is 1. The predicted octanol–water partition coefficient (Wildman–Crippen LogP) is 6.45. The Kier molecular flexibility index (Phi) is 7.58. The number of aromatic nitrogens is 1. The number of anilines is 1. The molecule has 3 amide bonds. The maximum Gasteiger partial charge on any atom is 0.416 e. The maximum atomic E-state index is 13.6. The first-order chi connectivity index (χ1) is 18.8. The van der Waals surface area contributed by atoms with Crippen LogP contribution in [0.15, 0.2) is 85.1 Å². The number of para-hydroxylation sites is 1. The highest BCUT2D eigenvalue weighted by Crippen LogP contribution is 2.32. The van der Waals surface area contributed by atoms with E-state index in [1.165, 1.54) is 17.0 Å². The van der Waals surface area contributed by atoms with Crippen LogP contribution < -0.4 is 5.32 Å². The van der Waals surface area contributed by atoms with Crippen molar-refractivity contribution in [3.63, 3.8) is 0 Å². The SMILES string of the molecule is O=C(CN(C(=O)Nc1cccc(C(F)(F)F)c1)C1CC1)N(CCc1c[nH]c2ccccc12)Cc1ccccc1. The van der Waals surface area contributed by atoms with Gasteiger partial charge in [-0.25, -0.2) is 4.79 Å². The summed E-state index contributed by atoms with van der Waals surface area (Å²) in [5.74, 6) is -0.218. The van der Waals surface area contributed by atoms with Crippen molar-refractivity contribution >= 4 is 28.5 Å². The normalized spacial score (nSPS) is 13.3. The summed E-state index contributed by atoms with van der Waals surface area (Å²) in [6.07, 6.45) is -0.443. The molecular weight excluding hydrogens is 505 g/mol. The number of hydrogen-bond donors (Lipinski definition) is 2. The number of alkyl halides is 3. The summed E-state index contributed by atoms with van der Waals surface area (Å²) in [6.45, 7) is 0.676. The molecule has 1 aromatic heterocycles. The van der Waals surface area contributed by atoms with Crippen molar-refractivity contribution < 1.29 is 22.8 Å². The van der Waals surface area contributed by atoms with E-state index in [-0.39, 0.29) is 24.2 Å². The molecule has 1 fully saturated rings. The number of nitrogens with zero attached hydrogens (tertiary/aromatic N) is 2. The zero-order valence-electron chi connectivity index (χ0n) is 21.2. The number of carbonyl (C=O) groups is 2. The molecule has 6 nitrogen and oxygen atoms in total. The molecule has 9 heteroatoms. The van der Waals surface area contributed by atoms with Crippen molar-refractivity contribution in [2.24, 2.45) is 0 Å². The van der Waals surface area contributed by atoms with Crippen molar-refractivity contribution in [2.45, 2.75) is 38.0 Å². The van der Waals surface area contributed by atoms with Gasteiger partial charge in [0.15, 0.2) is 0 Å². The van der Waals surface area contributed by atoms with Gasteiger partial charge in [0.2, 0.25) is 5.91 Å². The Balaban J connectivity index is 1.31. The Hall–Kier alpha value is -4.27. The van der Waals surface area contributed by atoms with E-state index in [1.54, 1.807) is 4.90 Å². The van der Waals surface area contributed by atoms with Crippen molar-refractivity contribution in [3.05, 3.63) is 102 Å². The Morgan fingerprint density at radius 3 is 2.44 bits per heavy atom. The van der Waals surface area contributed by atoms with E-state index in [0.717, 1.165) is 47.0 Å². The lowest BCUT2D eigenvalue weighted by molar-refractivity contribution is -0.137. The molecule has 0 unspecified atom stereocenters. The molecule has 1 aliphatic carbocycles. The number of aromatic amines is 1. The molecule has 5 rings (SSSR count). The molecule has 4 aromatic rings. The fourth-order valence-corrected chi connectivity index (χ4v) is 4.66. The number of nitrogens with one attached hydrogen (secondary N) is 2. The highest BCUT2D eigenvalue weighted by atomic mass is 19.4. The smallest absolute Gasteiger partial charge is 0.361 e. The van der Waals surface area contributed by atoms with Crippen LogP contribution in [-0.4, -0.2) is 45.9 Å². The molecule has 0 spiro atoms. The van der Waals surface area contributed by atoms with Crippen LogP contribution in [0.3, 0.4) is 0 Å². The van der Waals surface area contributed by atoms with Crippen LogP contribution in [0.5, 0.6) is 0 Å². The summed E-state index contributed by atoms with van der Waals surface area (Å²) in [5, 5.41) is 3.66. The van der Waals surface area contributed by atoms with E-state index >= 15 is 0 Å². The lowest BCUT2D eigenvalue weighted by atomic mass is 10.1. The molecule has 1 saturated carbocycles. The minimum atomic E-state index is -4.52. The van der Waals surface area contributed by atoms with Gasteiger partial charge in [-0.05, 0) is 54.7 Å². The lowest BCUT2D eigenvalue weighted by Gasteiger charge is -2.28. The van der Waals surface area contributed by atoms with E-state index < -0.39 is 17.8 Å². The van der Waals surface area contributed by atoms with E-state index in [2.05, 4.69) is 10.3 Å². The maximum absolute atomic E-state index is 13.6. The Morgan fingerprint density at radius 1 is 0.949 bits per heavy atom. The van der Waals surface area contributed by atoms with E-state index in [0.29, 0.717) is 19.5 Å². The summed E-state index contributed by atoms with van der Waals surface area (Å²) in [4.78, 5) is 33.2. The molecule has 0 aliphatic heterocycles. The van der Waals surface area contributed by atoms with Gasteiger partial charge in [-0.2, -0.15) is 13.2 Å². The monoisotopic (exact) mass is 534 g/mol. The van der Waals surface area contributed by atoms with E-state index in [1.807, 2.05) is 60.8 Å². The van der Waals surface area contributed by atoms with Gasteiger partial charge in [0.05, 0.1) is 5.56 Å². The molecule has 1 aliphatic rings. The minimum absolute atomic E-state index is 0.0356. The number of urea groups is 1. The van der Waals surface area contributed by atoms with E-state index in [4.69, 9.17) is 0 Å². The summed E-state index contributed by atoms with van der Waals surface area (Å²) in [5.41, 5.74) is 2.28.